The Morgan fingerprint density at radius 1 is 1.53 bits per heavy atom. The smallest absolute Gasteiger partial charge is 0.133 e. The van der Waals surface area contributed by atoms with Crippen LogP contribution in [0.1, 0.15) is 36.4 Å². The predicted octanol–water partition coefficient (Wildman–Crippen LogP) is 2.48. The molecule has 1 fully saturated rings. The Kier molecular flexibility index (Phi) is 3.49. The van der Waals surface area contributed by atoms with Crippen molar-refractivity contribution in [3.05, 3.63) is 16.1 Å². The van der Waals surface area contributed by atoms with Crippen molar-refractivity contribution in [3.63, 3.8) is 0 Å². The quantitative estimate of drug-likeness (QED) is 0.793. The van der Waals surface area contributed by atoms with E-state index in [-0.39, 0.29) is 6.10 Å². The van der Waals surface area contributed by atoms with Gasteiger partial charge < -0.3 is 4.74 Å². The molecule has 1 aliphatic carbocycles. The van der Waals surface area contributed by atoms with Gasteiger partial charge in [0.15, 0.2) is 0 Å². The number of ketones is 1. The number of nitrogens with zero attached hydrogens (tertiary/aromatic N) is 1. The maximum absolute atomic E-state index is 11.0. The van der Waals surface area contributed by atoms with Gasteiger partial charge in [-0.25, -0.2) is 4.98 Å². The molecule has 0 unspecified atom stereocenters. The van der Waals surface area contributed by atoms with E-state index in [0.29, 0.717) is 25.2 Å². The molecule has 0 saturated heterocycles. The lowest BCUT2D eigenvalue weighted by Crippen LogP contribution is -2.21. The van der Waals surface area contributed by atoms with Crippen LogP contribution in [0.3, 0.4) is 0 Å². The number of ether oxygens (including phenoxy) is 1. The molecule has 0 radical (unpaired) electrons. The second kappa shape index (κ2) is 4.86. The van der Waals surface area contributed by atoms with Gasteiger partial charge in [-0.05, 0) is 19.8 Å². The van der Waals surface area contributed by atoms with Gasteiger partial charge in [0.25, 0.3) is 0 Å². The molecular weight excluding hydrogens is 210 g/mol. The zero-order valence-corrected chi connectivity index (χ0v) is 9.68. The highest BCUT2D eigenvalue weighted by molar-refractivity contribution is 7.09. The second-order valence-electron chi connectivity index (χ2n) is 3.93. The van der Waals surface area contributed by atoms with Crippen LogP contribution in [0.5, 0.6) is 0 Å². The molecule has 0 atom stereocenters. The molecule has 0 amide bonds. The van der Waals surface area contributed by atoms with Crippen LogP contribution in [0.4, 0.5) is 0 Å². The maximum atomic E-state index is 11.0. The summed E-state index contributed by atoms with van der Waals surface area (Å²) < 4.78 is 5.73. The predicted molar refractivity (Wildman–Crippen MR) is 58.9 cm³/mol. The first-order valence-electron chi connectivity index (χ1n) is 5.28. The lowest BCUT2D eigenvalue weighted by molar-refractivity contribution is -0.123. The fourth-order valence-electron chi connectivity index (χ4n) is 1.74. The molecule has 0 aromatic carbocycles. The normalized spacial score (nSPS) is 18.3. The zero-order valence-electron chi connectivity index (χ0n) is 8.86. The van der Waals surface area contributed by atoms with Crippen molar-refractivity contribution in [2.45, 2.75) is 45.3 Å². The summed E-state index contributed by atoms with van der Waals surface area (Å²) in [4.78, 5) is 15.4. The number of Topliss-reactive ketones (excluding diaryl/α,β-unsaturated/α-hetero) is 1. The third kappa shape index (κ3) is 3.11. The highest BCUT2D eigenvalue weighted by Crippen LogP contribution is 2.20. The molecule has 3 nitrogen and oxygen atoms in total. The third-order valence-corrected chi connectivity index (χ3v) is 3.54. The standard InChI is InChI=1S/C11H15NO2S/c1-8-7-15-11(12-8)6-14-10-4-2-9(13)3-5-10/h7,10H,2-6H2,1H3. The van der Waals surface area contributed by atoms with Crippen molar-refractivity contribution in [2.24, 2.45) is 0 Å². The average Bonchev–Trinajstić information content (AvgIpc) is 2.64. The van der Waals surface area contributed by atoms with Crippen molar-refractivity contribution < 1.29 is 9.53 Å². The summed E-state index contributed by atoms with van der Waals surface area (Å²) in [7, 11) is 0. The van der Waals surface area contributed by atoms with Crippen LogP contribution in [0.2, 0.25) is 0 Å². The number of rotatable bonds is 3. The number of hydrogen-bond donors (Lipinski definition) is 0. The van der Waals surface area contributed by atoms with Gasteiger partial charge in [-0.2, -0.15) is 0 Å². The third-order valence-electron chi connectivity index (χ3n) is 2.60. The SMILES string of the molecule is Cc1csc(COC2CCC(=O)CC2)n1. The Hall–Kier alpha value is -0.740. The number of aromatic nitrogens is 1. The van der Waals surface area contributed by atoms with Crippen molar-refractivity contribution in [1.29, 1.82) is 0 Å². The number of hydrogen-bond acceptors (Lipinski definition) is 4. The van der Waals surface area contributed by atoms with Gasteiger partial charge in [0.2, 0.25) is 0 Å². The van der Waals surface area contributed by atoms with Crippen LogP contribution >= 0.6 is 11.3 Å². The molecule has 0 bridgehead atoms. The van der Waals surface area contributed by atoms with E-state index >= 15 is 0 Å². The Morgan fingerprint density at radius 2 is 2.27 bits per heavy atom. The van der Waals surface area contributed by atoms with Gasteiger partial charge in [-0.15, -0.1) is 11.3 Å². The number of carbonyl (C=O) groups excluding carboxylic acids is 1. The van der Waals surface area contributed by atoms with Gasteiger partial charge in [-0.3, -0.25) is 4.79 Å². The Labute approximate surface area is 93.5 Å². The minimum absolute atomic E-state index is 0.256. The summed E-state index contributed by atoms with van der Waals surface area (Å²) in [5, 5.41) is 3.06. The Bertz CT molecular complexity index is 338. The van der Waals surface area contributed by atoms with Crippen LogP contribution in [-0.2, 0) is 16.1 Å². The molecule has 0 N–H and O–H groups in total. The molecule has 1 aliphatic rings. The molecule has 15 heavy (non-hydrogen) atoms. The van der Waals surface area contributed by atoms with Crippen molar-refractivity contribution in [1.82, 2.24) is 4.98 Å². The summed E-state index contributed by atoms with van der Waals surface area (Å²) >= 11 is 1.64. The fraction of sp³-hybridized carbons (Fsp3) is 0.636. The van der Waals surface area contributed by atoms with E-state index in [0.717, 1.165) is 23.5 Å². The van der Waals surface area contributed by atoms with Crippen LogP contribution in [0.15, 0.2) is 5.38 Å². The molecule has 82 valence electrons. The first-order chi connectivity index (χ1) is 7.24. The van der Waals surface area contributed by atoms with E-state index in [1.165, 1.54) is 0 Å². The number of thiazole rings is 1. The monoisotopic (exact) mass is 225 g/mol. The highest BCUT2D eigenvalue weighted by atomic mass is 32.1. The minimum atomic E-state index is 0.256. The number of aryl methyl sites for hydroxylation is 1. The van der Waals surface area contributed by atoms with Gasteiger partial charge in [-0.1, -0.05) is 0 Å². The summed E-state index contributed by atoms with van der Waals surface area (Å²) in [5.74, 6) is 0.375. The molecule has 2 rings (SSSR count). The van der Waals surface area contributed by atoms with Gasteiger partial charge in [0.05, 0.1) is 12.7 Å². The van der Waals surface area contributed by atoms with Crippen molar-refractivity contribution >= 4 is 17.1 Å². The summed E-state index contributed by atoms with van der Waals surface area (Å²) in [6.45, 7) is 2.58. The maximum Gasteiger partial charge on any atom is 0.133 e. The van der Waals surface area contributed by atoms with Gasteiger partial charge in [0.1, 0.15) is 10.8 Å². The first-order valence-corrected chi connectivity index (χ1v) is 6.16. The molecule has 0 spiro atoms. The molecule has 1 aromatic rings. The molecule has 1 saturated carbocycles. The number of carbonyl (C=O) groups is 1. The molecular formula is C11H15NO2S. The summed E-state index contributed by atoms with van der Waals surface area (Å²) in [5.41, 5.74) is 1.05. The average molecular weight is 225 g/mol. The first kappa shape index (κ1) is 10.8. The molecule has 4 heteroatoms. The summed E-state index contributed by atoms with van der Waals surface area (Å²) in [6, 6.07) is 0. The topological polar surface area (TPSA) is 39.2 Å². The van der Waals surface area contributed by atoms with E-state index in [9.17, 15) is 4.79 Å². The minimum Gasteiger partial charge on any atom is -0.371 e. The zero-order chi connectivity index (χ0) is 10.7. The van der Waals surface area contributed by atoms with E-state index in [2.05, 4.69) is 4.98 Å². The van der Waals surface area contributed by atoms with Crippen LogP contribution in [0.25, 0.3) is 0 Å². The Balaban J connectivity index is 1.76. The van der Waals surface area contributed by atoms with Gasteiger partial charge in [0, 0.05) is 23.9 Å². The molecule has 1 heterocycles. The highest BCUT2D eigenvalue weighted by Gasteiger charge is 2.19. The van der Waals surface area contributed by atoms with E-state index in [4.69, 9.17) is 4.74 Å². The Morgan fingerprint density at radius 3 is 2.87 bits per heavy atom. The van der Waals surface area contributed by atoms with Crippen LogP contribution in [0, 0.1) is 6.92 Å². The molecule has 1 aromatic heterocycles. The summed E-state index contributed by atoms with van der Waals surface area (Å²) in [6.07, 6.45) is 3.38. The van der Waals surface area contributed by atoms with E-state index in [1.54, 1.807) is 11.3 Å². The van der Waals surface area contributed by atoms with E-state index < -0.39 is 0 Å². The fourth-order valence-corrected chi connectivity index (χ4v) is 2.43. The van der Waals surface area contributed by atoms with Crippen LogP contribution in [-0.4, -0.2) is 16.9 Å². The van der Waals surface area contributed by atoms with E-state index in [1.807, 2.05) is 12.3 Å². The lowest BCUT2D eigenvalue weighted by Gasteiger charge is -2.20. The largest absolute Gasteiger partial charge is 0.371 e. The van der Waals surface area contributed by atoms with Gasteiger partial charge >= 0.3 is 0 Å². The lowest BCUT2D eigenvalue weighted by atomic mass is 9.97. The second-order valence-corrected chi connectivity index (χ2v) is 4.87. The van der Waals surface area contributed by atoms with Crippen molar-refractivity contribution in [3.8, 4) is 0 Å². The molecule has 0 aliphatic heterocycles. The van der Waals surface area contributed by atoms with Crippen molar-refractivity contribution in [2.75, 3.05) is 0 Å². The van der Waals surface area contributed by atoms with Crippen LogP contribution < -0.4 is 0 Å².